The molecule has 0 aliphatic carbocycles. The first kappa shape index (κ1) is 18.1. The average Bonchev–Trinajstić information content (AvgIpc) is 2.70. The Morgan fingerprint density at radius 2 is 2.04 bits per heavy atom. The van der Waals surface area contributed by atoms with Crippen molar-refractivity contribution in [3.63, 3.8) is 0 Å². The van der Waals surface area contributed by atoms with Crippen LogP contribution in [0, 0.1) is 0 Å². The van der Waals surface area contributed by atoms with E-state index in [0.717, 1.165) is 10.0 Å². The van der Waals surface area contributed by atoms with E-state index >= 15 is 0 Å². The van der Waals surface area contributed by atoms with Gasteiger partial charge in [-0.05, 0) is 45.8 Å². The molecule has 0 saturated heterocycles. The first-order valence-corrected chi connectivity index (χ1v) is 9.32. The molecule has 4 rings (SSSR count). The molecule has 1 atom stereocenters. The number of ether oxygens (including phenoxy) is 1. The summed E-state index contributed by atoms with van der Waals surface area (Å²) in [7, 11) is 0. The third-order valence-corrected chi connectivity index (χ3v) is 4.65. The van der Waals surface area contributed by atoms with Crippen LogP contribution in [0.1, 0.15) is 15.9 Å². The first-order chi connectivity index (χ1) is 13.6. The molecule has 1 aliphatic heterocycles. The van der Waals surface area contributed by atoms with Gasteiger partial charge in [-0.1, -0.05) is 18.2 Å². The van der Waals surface area contributed by atoms with Crippen molar-refractivity contribution in [3.05, 3.63) is 76.7 Å². The Hall–Kier alpha value is -3.26. The minimum Gasteiger partial charge on any atom is -0.455 e. The molecule has 3 aromatic rings. The fourth-order valence-corrected chi connectivity index (χ4v) is 3.26. The van der Waals surface area contributed by atoms with Crippen LogP contribution >= 0.6 is 15.9 Å². The van der Waals surface area contributed by atoms with Gasteiger partial charge in [0.2, 0.25) is 5.91 Å². The largest absolute Gasteiger partial charge is 0.455 e. The number of rotatable bonds is 4. The Balaban J connectivity index is 1.53. The van der Waals surface area contributed by atoms with E-state index in [9.17, 15) is 9.59 Å². The number of aromatic nitrogens is 2. The van der Waals surface area contributed by atoms with Crippen molar-refractivity contribution < 1.29 is 14.3 Å². The molecule has 7 nitrogen and oxygen atoms in total. The van der Waals surface area contributed by atoms with Crippen LogP contribution in [0.25, 0.3) is 0 Å². The zero-order chi connectivity index (χ0) is 19.5. The number of halogens is 1. The van der Waals surface area contributed by atoms with Gasteiger partial charge >= 0.3 is 0 Å². The van der Waals surface area contributed by atoms with Crippen LogP contribution in [0.5, 0.6) is 11.5 Å². The number of hydrogen-bond donors (Lipinski definition) is 2. The Morgan fingerprint density at radius 1 is 1.21 bits per heavy atom. The average molecular weight is 439 g/mol. The highest BCUT2D eigenvalue weighted by Crippen LogP contribution is 2.26. The zero-order valence-corrected chi connectivity index (χ0v) is 16.1. The quantitative estimate of drug-likeness (QED) is 0.651. The minimum atomic E-state index is -0.714. The normalized spacial score (nSPS) is 15.3. The Kier molecular flexibility index (Phi) is 5.03. The summed E-state index contributed by atoms with van der Waals surface area (Å²) in [6.45, 7) is 0. The molecule has 3 heterocycles. The van der Waals surface area contributed by atoms with Crippen LogP contribution in [0.4, 0.5) is 5.82 Å². The van der Waals surface area contributed by atoms with Crippen molar-refractivity contribution in [2.45, 2.75) is 12.5 Å². The molecule has 140 valence electrons. The summed E-state index contributed by atoms with van der Waals surface area (Å²) in [6, 6.07) is 11.8. The summed E-state index contributed by atoms with van der Waals surface area (Å²) in [5.74, 6) is 0.683. The Bertz CT molecular complexity index is 1040. The molecule has 0 spiro atoms. The molecule has 1 aliphatic rings. The molecule has 0 bridgehead atoms. The molecule has 2 aromatic heterocycles. The summed E-state index contributed by atoms with van der Waals surface area (Å²) >= 11 is 3.37. The third-order valence-electron chi connectivity index (χ3n) is 4.22. The summed E-state index contributed by atoms with van der Waals surface area (Å²) in [5.41, 5.74) is 1.14. The molecular formula is C20H15BrN4O3. The van der Waals surface area contributed by atoms with Crippen molar-refractivity contribution in [1.29, 1.82) is 0 Å². The monoisotopic (exact) mass is 438 g/mol. The maximum Gasteiger partial charge on any atom is 0.255 e. The zero-order valence-electron chi connectivity index (χ0n) is 14.6. The minimum absolute atomic E-state index is 0.296. The molecule has 28 heavy (non-hydrogen) atoms. The number of fused-ring (bicyclic) bond motifs is 1. The lowest BCUT2D eigenvalue weighted by molar-refractivity contribution is -0.118. The van der Waals surface area contributed by atoms with Gasteiger partial charge in [0.05, 0.1) is 11.8 Å². The lowest BCUT2D eigenvalue weighted by atomic mass is 10.0. The second-order valence-electron chi connectivity index (χ2n) is 6.17. The fourth-order valence-electron chi connectivity index (χ4n) is 2.88. The van der Waals surface area contributed by atoms with E-state index in [4.69, 9.17) is 4.74 Å². The SMILES string of the molecule is O=C(NC1Cc2cc(Br)cnc2NC1=O)c1ccncc1Oc1ccccc1. The molecule has 0 radical (unpaired) electrons. The van der Waals surface area contributed by atoms with Crippen LogP contribution in [-0.2, 0) is 11.2 Å². The Morgan fingerprint density at radius 3 is 2.86 bits per heavy atom. The second-order valence-corrected chi connectivity index (χ2v) is 7.08. The molecule has 8 heteroatoms. The molecule has 2 amide bonds. The predicted molar refractivity (Wildman–Crippen MR) is 106 cm³/mol. The number of anilines is 1. The maximum atomic E-state index is 12.8. The van der Waals surface area contributed by atoms with Gasteiger partial charge < -0.3 is 15.4 Å². The van der Waals surface area contributed by atoms with Crippen LogP contribution in [0.2, 0.25) is 0 Å². The number of pyridine rings is 2. The highest BCUT2D eigenvalue weighted by molar-refractivity contribution is 9.10. The first-order valence-electron chi connectivity index (χ1n) is 8.53. The van der Waals surface area contributed by atoms with Crippen LogP contribution in [-0.4, -0.2) is 27.8 Å². The lowest BCUT2D eigenvalue weighted by Gasteiger charge is -2.25. The Labute approximate surface area is 169 Å². The van der Waals surface area contributed by atoms with Crippen molar-refractivity contribution in [3.8, 4) is 11.5 Å². The molecule has 2 N–H and O–H groups in total. The van der Waals surface area contributed by atoms with Gasteiger partial charge in [0.25, 0.3) is 5.91 Å². The number of carbonyl (C=O) groups excluding carboxylic acids is 2. The van der Waals surface area contributed by atoms with E-state index in [1.807, 2.05) is 24.3 Å². The van der Waals surface area contributed by atoms with Crippen molar-refractivity contribution in [1.82, 2.24) is 15.3 Å². The lowest BCUT2D eigenvalue weighted by Crippen LogP contribution is -2.47. The fraction of sp³-hybridized carbons (Fsp3) is 0.100. The third kappa shape index (κ3) is 3.86. The summed E-state index contributed by atoms with van der Waals surface area (Å²) in [5, 5.41) is 5.49. The molecule has 1 aromatic carbocycles. The topological polar surface area (TPSA) is 93.2 Å². The van der Waals surface area contributed by atoms with E-state index in [-0.39, 0.29) is 5.91 Å². The van der Waals surface area contributed by atoms with E-state index in [1.54, 1.807) is 24.4 Å². The van der Waals surface area contributed by atoms with Gasteiger partial charge in [-0.3, -0.25) is 14.6 Å². The van der Waals surface area contributed by atoms with Crippen LogP contribution < -0.4 is 15.4 Å². The van der Waals surface area contributed by atoms with Crippen molar-refractivity contribution in [2.75, 3.05) is 5.32 Å². The van der Waals surface area contributed by atoms with Gasteiger partial charge in [0, 0.05) is 23.3 Å². The molecular weight excluding hydrogens is 424 g/mol. The molecule has 1 unspecified atom stereocenters. The number of benzene rings is 1. The standard InChI is InChI=1S/C20H15BrN4O3/c21-13-8-12-9-16(20(27)25-18(12)23-10-13)24-19(26)15-6-7-22-11-17(15)28-14-4-2-1-3-5-14/h1-8,10-11,16H,9H2,(H,24,26)(H,23,25,27). The van der Waals surface area contributed by atoms with Crippen molar-refractivity contribution >= 4 is 33.6 Å². The highest BCUT2D eigenvalue weighted by Gasteiger charge is 2.29. The number of nitrogens with one attached hydrogen (secondary N) is 2. The van der Waals surface area contributed by atoms with Gasteiger partial charge in [-0.25, -0.2) is 4.98 Å². The summed E-state index contributed by atoms with van der Waals surface area (Å²) in [6.07, 6.45) is 4.94. The van der Waals surface area contributed by atoms with E-state index in [2.05, 4.69) is 36.5 Å². The van der Waals surface area contributed by atoms with Gasteiger partial charge in [-0.2, -0.15) is 0 Å². The van der Waals surface area contributed by atoms with Crippen LogP contribution in [0.15, 0.2) is 65.5 Å². The van der Waals surface area contributed by atoms with Gasteiger partial charge in [-0.15, -0.1) is 0 Å². The predicted octanol–water partition coefficient (Wildman–Crippen LogP) is 3.32. The summed E-state index contributed by atoms with van der Waals surface area (Å²) < 4.78 is 6.58. The molecule has 0 saturated carbocycles. The smallest absolute Gasteiger partial charge is 0.255 e. The number of nitrogens with zero attached hydrogens (tertiary/aromatic N) is 2. The number of carbonyl (C=O) groups is 2. The number of para-hydroxylation sites is 1. The highest BCUT2D eigenvalue weighted by atomic mass is 79.9. The second kappa shape index (κ2) is 7.77. The van der Waals surface area contributed by atoms with E-state index < -0.39 is 11.9 Å². The number of hydrogen-bond acceptors (Lipinski definition) is 5. The number of amides is 2. The van der Waals surface area contributed by atoms with E-state index in [1.165, 1.54) is 12.4 Å². The van der Waals surface area contributed by atoms with Gasteiger partial charge in [0.15, 0.2) is 5.75 Å². The van der Waals surface area contributed by atoms with Crippen LogP contribution in [0.3, 0.4) is 0 Å². The summed E-state index contributed by atoms with van der Waals surface area (Å²) in [4.78, 5) is 33.4. The van der Waals surface area contributed by atoms with E-state index in [0.29, 0.717) is 29.3 Å². The molecule has 0 fully saturated rings. The van der Waals surface area contributed by atoms with Crippen molar-refractivity contribution in [2.24, 2.45) is 0 Å². The van der Waals surface area contributed by atoms with Gasteiger partial charge in [0.1, 0.15) is 17.6 Å². The maximum absolute atomic E-state index is 12.8.